The summed E-state index contributed by atoms with van der Waals surface area (Å²) in [6, 6.07) is 0. The van der Waals surface area contributed by atoms with E-state index in [4.69, 9.17) is 5.11 Å². The van der Waals surface area contributed by atoms with Crippen molar-refractivity contribution < 1.29 is 9.90 Å². The molecule has 0 radical (unpaired) electrons. The number of aromatic nitrogens is 2. The standard InChI is InChI=1S/C12H18N2O2S/c1-7(2)5-17-6-10-13-8(3)11(12(15)16)9(4)14-10/h7H,5-6H2,1-4H3,(H,15,16). The average molecular weight is 254 g/mol. The first-order chi connectivity index (χ1) is 7.91. The Morgan fingerprint density at radius 1 is 1.29 bits per heavy atom. The normalized spacial score (nSPS) is 10.9. The third-order valence-electron chi connectivity index (χ3n) is 2.21. The minimum absolute atomic E-state index is 0.225. The first-order valence-electron chi connectivity index (χ1n) is 5.57. The molecule has 5 heteroatoms. The van der Waals surface area contributed by atoms with Crippen molar-refractivity contribution in [1.29, 1.82) is 0 Å². The molecule has 0 fully saturated rings. The Kier molecular flexibility index (Phi) is 4.93. The molecule has 1 N–H and O–H groups in total. The summed E-state index contributed by atoms with van der Waals surface area (Å²) in [5.74, 6) is 2.19. The molecule has 0 aliphatic heterocycles. The van der Waals surface area contributed by atoms with Crippen molar-refractivity contribution >= 4 is 17.7 Å². The van der Waals surface area contributed by atoms with Crippen LogP contribution >= 0.6 is 11.8 Å². The summed E-state index contributed by atoms with van der Waals surface area (Å²) in [4.78, 5) is 19.5. The van der Waals surface area contributed by atoms with E-state index >= 15 is 0 Å². The Labute approximate surface area is 106 Å². The summed E-state index contributed by atoms with van der Waals surface area (Å²) in [5.41, 5.74) is 1.32. The Morgan fingerprint density at radius 3 is 2.24 bits per heavy atom. The van der Waals surface area contributed by atoms with E-state index in [1.54, 1.807) is 25.6 Å². The van der Waals surface area contributed by atoms with Gasteiger partial charge in [0.25, 0.3) is 0 Å². The first-order valence-corrected chi connectivity index (χ1v) is 6.72. The van der Waals surface area contributed by atoms with Crippen molar-refractivity contribution in [2.24, 2.45) is 5.92 Å². The lowest BCUT2D eigenvalue weighted by Crippen LogP contribution is -2.10. The van der Waals surface area contributed by atoms with E-state index in [1.807, 2.05) is 0 Å². The number of nitrogens with zero attached hydrogens (tertiary/aromatic N) is 2. The van der Waals surface area contributed by atoms with Gasteiger partial charge in [-0.15, -0.1) is 0 Å². The number of carboxylic acids is 1. The lowest BCUT2D eigenvalue weighted by atomic mass is 10.2. The van der Waals surface area contributed by atoms with Crippen molar-refractivity contribution in [1.82, 2.24) is 9.97 Å². The molecule has 17 heavy (non-hydrogen) atoms. The molecular formula is C12H18N2O2S. The number of hydrogen-bond acceptors (Lipinski definition) is 4. The number of carbonyl (C=O) groups is 1. The summed E-state index contributed by atoms with van der Waals surface area (Å²) in [7, 11) is 0. The Hall–Kier alpha value is -1.10. The molecule has 0 aliphatic rings. The maximum Gasteiger partial charge on any atom is 0.339 e. The molecule has 0 aromatic carbocycles. The van der Waals surface area contributed by atoms with Crippen LogP contribution in [0.3, 0.4) is 0 Å². The van der Waals surface area contributed by atoms with Crippen LogP contribution < -0.4 is 0 Å². The topological polar surface area (TPSA) is 63.1 Å². The third kappa shape index (κ3) is 4.00. The zero-order valence-corrected chi connectivity index (χ0v) is 11.5. The van der Waals surface area contributed by atoms with Crippen LogP contribution in [0, 0.1) is 19.8 Å². The summed E-state index contributed by atoms with van der Waals surface area (Å²) in [6.07, 6.45) is 0. The van der Waals surface area contributed by atoms with Crippen molar-refractivity contribution in [2.45, 2.75) is 33.4 Å². The van der Waals surface area contributed by atoms with Gasteiger partial charge >= 0.3 is 5.97 Å². The lowest BCUT2D eigenvalue weighted by molar-refractivity contribution is 0.0694. The Morgan fingerprint density at radius 2 is 1.82 bits per heavy atom. The molecule has 1 aromatic heterocycles. The van der Waals surface area contributed by atoms with E-state index in [1.165, 1.54) is 0 Å². The number of hydrogen-bond donors (Lipinski definition) is 1. The predicted molar refractivity (Wildman–Crippen MR) is 69.5 cm³/mol. The zero-order chi connectivity index (χ0) is 13.0. The minimum Gasteiger partial charge on any atom is -0.478 e. The smallest absolute Gasteiger partial charge is 0.339 e. The first kappa shape index (κ1) is 14.0. The molecule has 0 unspecified atom stereocenters. The molecular weight excluding hydrogens is 236 g/mol. The number of carboxylic acid groups (broad SMARTS) is 1. The van der Waals surface area contributed by atoms with E-state index in [0.717, 1.165) is 17.3 Å². The fraction of sp³-hybridized carbons (Fsp3) is 0.583. The average Bonchev–Trinajstić information content (AvgIpc) is 2.14. The van der Waals surface area contributed by atoms with Crippen molar-refractivity contribution in [3.63, 3.8) is 0 Å². The van der Waals surface area contributed by atoms with Gasteiger partial charge in [-0.3, -0.25) is 0 Å². The summed E-state index contributed by atoms with van der Waals surface area (Å²) in [5, 5.41) is 9.00. The fourth-order valence-electron chi connectivity index (χ4n) is 1.55. The molecule has 0 saturated carbocycles. The highest BCUT2D eigenvalue weighted by Crippen LogP contribution is 2.16. The van der Waals surface area contributed by atoms with E-state index in [0.29, 0.717) is 17.3 Å². The second-order valence-electron chi connectivity index (χ2n) is 4.40. The van der Waals surface area contributed by atoms with E-state index in [-0.39, 0.29) is 5.56 Å². The highest BCUT2D eigenvalue weighted by atomic mass is 32.2. The molecule has 0 aliphatic carbocycles. The van der Waals surface area contributed by atoms with Gasteiger partial charge < -0.3 is 5.11 Å². The predicted octanol–water partition coefficient (Wildman–Crippen LogP) is 2.68. The molecule has 0 amide bonds. The minimum atomic E-state index is -0.957. The van der Waals surface area contributed by atoms with E-state index < -0.39 is 5.97 Å². The molecule has 94 valence electrons. The molecule has 0 bridgehead atoms. The Balaban J connectivity index is 2.80. The van der Waals surface area contributed by atoms with Crippen LogP contribution in [0.2, 0.25) is 0 Å². The van der Waals surface area contributed by atoms with Gasteiger partial charge in [-0.05, 0) is 25.5 Å². The van der Waals surface area contributed by atoms with Crippen LogP contribution in [-0.2, 0) is 5.75 Å². The number of thioether (sulfide) groups is 1. The van der Waals surface area contributed by atoms with Crippen LogP contribution in [0.15, 0.2) is 0 Å². The maximum atomic E-state index is 11.0. The third-order valence-corrected chi connectivity index (χ3v) is 3.58. The van der Waals surface area contributed by atoms with Crippen LogP contribution in [0.5, 0.6) is 0 Å². The van der Waals surface area contributed by atoms with Gasteiger partial charge in [-0.1, -0.05) is 13.8 Å². The summed E-state index contributed by atoms with van der Waals surface area (Å²) < 4.78 is 0. The van der Waals surface area contributed by atoms with Gasteiger partial charge in [-0.25, -0.2) is 14.8 Å². The van der Waals surface area contributed by atoms with Crippen LogP contribution in [-0.4, -0.2) is 26.8 Å². The van der Waals surface area contributed by atoms with Gasteiger partial charge in [-0.2, -0.15) is 11.8 Å². The molecule has 1 heterocycles. The second kappa shape index (κ2) is 6.00. The molecule has 4 nitrogen and oxygen atoms in total. The number of rotatable bonds is 5. The highest BCUT2D eigenvalue weighted by Gasteiger charge is 2.14. The van der Waals surface area contributed by atoms with E-state index in [9.17, 15) is 4.79 Å². The fourth-order valence-corrected chi connectivity index (χ4v) is 2.45. The summed E-state index contributed by atoms with van der Waals surface area (Å²) in [6.45, 7) is 7.76. The SMILES string of the molecule is Cc1nc(CSCC(C)C)nc(C)c1C(=O)O. The lowest BCUT2D eigenvalue weighted by Gasteiger charge is -2.08. The van der Waals surface area contributed by atoms with Gasteiger partial charge in [0.1, 0.15) is 11.4 Å². The molecule has 1 aromatic rings. The second-order valence-corrected chi connectivity index (χ2v) is 5.43. The highest BCUT2D eigenvalue weighted by molar-refractivity contribution is 7.98. The van der Waals surface area contributed by atoms with Gasteiger partial charge in [0.15, 0.2) is 0 Å². The van der Waals surface area contributed by atoms with Gasteiger partial charge in [0, 0.05) is 0 Å². The molecule has 0 spiro atoms. The Bertz CT molecular complexity index is 396. The van der Waals surface area contributed by atoms with Crippen LogP contribution in [0.4, 0.5) is 0 Å². The number of aromatic carboxylic acids is 1. The largest absolute Gasteiger partial charge is 0.478 e. The van der Waals surface area contributed by atoms with Gasteiger partial charge in [0.2, 0.25) is 0 Å². The van der Waals surface area contributed by atoms with Crippen LogP contribution in [0.1, 0.15) is 41.4 Å². The monoisotopic (exact) mass is 254 g/mol. The molecule has 0 saturated heterocycles. The maximum absolute atomic E-state index is 11.0. The van der Waals surface area contributed by atoms with Crippen molar-refractivity contribution in [2.75, 3.05) is 5.75 Å². The molecule has 0 atom stereocenters. The van der Waals surface area contributed by atoms with E-state index in [2.05, 4.69) is 23.8 Å². The van der Waals surface area contributed by atoms with Crippen molar-refractivity contribution in [3.05, 3.63) is 22.8 Å². The quantitative estimate of drug-likeness (QED) is 0.875. The number of aryl methyl sites for hydroxylation is 2. The molecule has 1 rings (SSSR count). The zero-order valence-electron chi connectivity index (χ0n) is 10.6. The van der Waals surface area contributed by atoms with Crippen LogP contribution in [0.25, 0.3) is 0 Å². The van der Waals surface area contributed by atoms with Gasteiger partial charge in [0.05, 0.1) is 17.1 Å². The summed E-state index contributed by atoms with van der Waals surface area (Å²) >= 11 is 1.77. The van der Waals surface area contributed by atoms with Crippen molar-refractivity contribution in [3.8, 4) is 0 Å².